The lowest BCUT2D eigenvalue weighted by atomic mass is 9.90. The summed E-state index contributed by atoms with van der Waals surface area (Å²) in [4.78, 5) is 19.9. The zero-order valence-electron chi connectivity index (χ0n) is 21.0. The SMILES string of the molecule is CCN=C(N=CC(C)OC)C1=CCCC(C(C)/C=N/N(/C=C\C=O)C/C=N\N(CC)CC)=C1. The van der Waals surface area contributed by atoms with Crippen molar-refractivity contribution in [1.82, 2.24) is 10.0 Å². The Balaban J connectivity index is 2.95. The number of rotatable bonds is 14. The third kappa shape index (κ3) is 11.0. The Morgan fingerprint density at radius 1 is 1.18 bits per heavy atom. The molecule has 0 bridgehead atoms. The van der Waals surface area contributed by atoms with Gasteiger partial charge in [-0.2, -0.15) is 10.2 Å². The van der Waals surface area contributed by atoms with Gasteiger partial charge in [0, 0.05) is 63.1 Å². The van der Waals surface area contributed by atoms with Gasteiger partial charge in [-0.25, -0.2) is 4.99 Å². The highest BCUT2D eigenvalue weighted by Crippen LogP contribution is 2.24. The average molecular weight is 457 g/mol. The standard InChI is InChI=1S/C25H40N6O2/c1-7-26-25(27-20-22(5)33-6)24-13-10-12-23(18-24)21(4)19-29-31(15-11-17-32)16-14-28-30(8-2)9-3/h11,13-15,17-22H,7-10,12,16H2,1-6H3/b15-11-,26-25?,27-20?,28-14-,29-19+. The van der Waals surface area contributed by atoms with Crippen LogP contribution in [0.25, 0.3) is 0 Å². The van der Waals surface area contributed by atoms with Crippen LogP contribution in [-0.4, -0.2) is 80.2 Å². The van der Waals surface area contributed by atoms with Crippen molar-refractivity contribution in [3.63, 3.8) is 0 Å². The van der Waals surface area contributed by atoms with E-state index in [2.05, 4.69) is 53.1 Å². The first-order chi connectivity index (χ1) is 16.0. The van der Waals surface area contributed by atoms with Gasteiger partial charge in [0.2, 0.25) is 0 Å². The Hall–Kier alpha value is -2.87. The van der Waals surface area contributed by atoms with Crippen molar-refractivity contribution in [3.05, 3.63) is 35.6 Å². The summed E-state index contributed by atoms with van der Waals surface area (Å²) in [6.45, 7) is 13.0. The molecule has 182 valence electrons. The van der Waals surface area contributed by atoms with Crippen LogP contribution in [0.1, 0.15) is 47.5 Å². The van der Waals surface area contributed by atoms with Crippen molar-refractivity contribution in [2.45, 2.75) is 53.6 Å². The van der Waals surface area contributed by atoms with Crippen LogP contribution >= 0.6 is 0 Å². The molecular weight excluding hydrogens is 416 g/mol. The van der Waals surface area contributed by atoms with Gasteiger partial charge in [0.05, 0.1) is 12.6 Å². The van der Waals surface area contributed by atoms with Gasteiger partial charge in [-0.1, -0.05) is 24.6 Å². The average Bonchev–Trinajstić information content (AvgIpc) is 2.85. The Morgan fingerprint density at radius 2 is 1.94 bits per heavy atom. The number of hydrogen-bond acceptors (Lipinski definition) is 7. The first-order valence-electron chi connectivity index (χ1n) is 11.7. The molecule has 0 aromatic rings. The minimum atomic E-state index is -0.0681. The van der Waals surface area contributed by atoms with Crippen LogP contribution in [0.15, 0.2) is 55.8 Å². The van der Waals surface area contributed by atoms with Gasteiger partial charge in [-0.15, -0.1) is 0 Å². The Kier molecular flexibility index (Phi) is 14.3. The fraction of sp³-hybridized carbons (Fsp3) is 0.560. The molecule has 0 heterocycles. The van der Waals surface area contributed by atoms with Crippen LogP contribution in [0, 0.1) is 5.92 Å². The zero-order chi connectivity index (χ0) is 24.5. The summed E-state index contributed by atoms with van der Waals surface area (Å²) in [6.07, 6.45) is 15.5. The first kappa shape index (κ1) is 28.2. The Labute approximate surface area is 199 Å². The highest BCUT2D eigenvalue weighted by molar-refractivity contribution is 6.05. The molecule has 0 fully saturated rings. The molecule has 0 N–H and O–H groups in total. The van der Waals surface area contributed by atoms with E-state index in [9.17, 15) is 4.79 Å². The summed E-state index contributed by atoms with van der Waals surface area (Å²) in [5.41, 5.74) is 2.30. The maximum atomic E-state index is 10.8. The summed E-state index contributed by atoms with van der Waals surface area (Å²) in [7, 11) is 1.66. The molecule has 2 unspecified atom stereocenters. The Bertz CT molecular complexity index is 791. The predicted octanol–water partition coefficient (Wildman–Crippen LogP) is 4.12. The fourth-order valence-corrected chi connectivity index (χ4v) is 3.02. The Morgan fingerprint density at radius 3 is 2.58 bits per heavy atom. The van der Waals surface area contributed by atoms with Crippen molar-refractivity contribution in [3.8, 4) is 0 Å². The molecule has 2 atom stereocenters. The summed E-state index contributed by atoms with van der Waals surface area (Å²) >= 11 is 0. The van der Waals surface area contributed by atoms with Gasteiger partial charge in [0.25, 0.3) is 0 Å². The molecule has 8 heteroatoms. The summed E-state index contributed by atoms with van der Waals surface area (Å²) in [6, 6.07) is 0. The smallest absolute Gasteiger partial charge is 0.153 e. The van der Waals surface area contributed by atoms with Crippen LogP contribution in [0.2, 0.25) is 0 Å². The second-order valence-corrected chi connectivity index (χ2v) is 7.52. The molecule has 0 saturated heterocycles. The fourth-order valence-electron chi connectivity index (χ4n) is 3.02. The molecule has 0 amide bonds. The third-order valence-corrected chi connectivity index (χ3v) is 5.09. The highest BCUT2D eigenvalue weighted by Gasteiger charge is 2.14. The highest BCUT2D eigenvalue weighted by atomic mass is 16.5. The number of hydrogen-bond donors (Lipinski definition) is 0. The van der Waals surface area contributed by atoms with Crippen LogP contribution in [-0.2, 0) is 9.53 Å². The quantitative estimate of drug-likeness (QED) is 0.129. The molecule has 33 heavy (non-hydrogen) atoms. The number of aliphatic imine (C=N–C) groups is 2. The molecule has 1 rings (SSSR count). The topological polar surface area (TPSA) is 82.2 Å². The van der Waals surface area contributed by atoms with E-state index in [1.807, 2.05) is 25.1 Å². The van der Waals surface area contributed by atoms with E-state index in [0.29, 0.717) is 13.1 Å². The van der Waals surface area contributed by atoms with Crippen molar-refractivity contribution >= 4 is 30.8 Å². The van der Waals surface area contributed by atoms with Crippen LogP contribution in [0.3, 0.4) is 0 Å². The van der Waals surface area contributed by atoms with Crippen LogP contribution in [0.5, 0.6) is 0 Å². The lowest BCUT2D eigenvalue weighted by Crippen LogP contribution is -2.19. The van der Waals surface area contributed by atoms with Crippen molar-refractivity contribution in [1.29, 1.82) is 0 Å². The number of amidine groups is 1. The number of carbonyl (C=O) groups is 1. The largest absolute Gasteiger partial charge is 0.376 e. The minimum absolute atomic E-state index is 0.0681. The van der Waals surface area contributed by atoms with E-state index < -0.39 is 0 Å². The van der Waals surface area contributed by atoms with E-state index >= 15 is 0 Å². The lowest BCUT2D eigenvalue weighted by molar-refractivity contribution is -0.104. The molecule has 0 spiro atoms. The van der Waals surface area contributed by atoms with Crippen LogP contribution in [0.4, 0.5) is 0 Å². The van der Waals surface area contributed by atoms with E-state index in [4.69, 9.17) is 4.74 Å². The lowest BCUT2D eigenvalue weighted by Gasteiger charge is -2.19. The van der Waals surface area contributed by atoms with Crippen LogP contribution < -0.4 is 0 Å². The normalized spacial score (nSPS) is 17.1. The molecule has 8 nitrogen and oxygen atoms in total. The van der Waals surface area contributed by atoms with Gasteiger partial charge in [-0.3, -0.25) is 19.8 Å². The second-order valence-electron chi connectivity index (χ2n) is 7.52. The molecule has 0 aromatic carbocycles. The summed E-state index contributed by atoms with van der Waals surface area (Å²) in [5.74, 6) is 0.858. The molecule has 1 aliphatic rings. The number of nitrogens with zero attached hydrogens (tertiary/aromatic N) is 6. The van der Waals surface area contributed by atoms with Gasteiger partial charge in [-0.05, 0) is 46.6 Å². The van der Waals surface area contributed by atoms with Gasteiger partial charge in [0.1, 0.15) is 6.29 Å². The monoisotopic (exact) mass is 456 g/mol. The maximum absolute atomic E-state index is 10.8. The minimum Gasteiger partial charge on any atom is -0.376 e. The molecular formula is C25H40N6O2. The number of hydrazone groups is 2. The molecule has 0 aromatic heterocycles. The van der Waals surface area contributed by atoms with Crippen molar-refractivity contribution in [2.24, 2.45) is 26.1 Å². The second kappa shape index (κ2) is 16.7. The number of allylic oxidation sites excluding steroid dienone is 3. The van der Waals surface area contributed by atoms with Gasteiger partial charge in [0.15, 0.2) is 5.84 Å². The number of aldehydes is 1. The van der Waals surface area contributed by atoms with Gasteiger partial charge < -0.3 is 4.74 Å². The van der Waals surface area contributed by atoms with Crippen molar-refractivity contribution in [2.75, 3.05) is 33.3 Å². The number of ether oxygens (including phenoxy) is 1. The van der Waals surface area contributed by atoms with E-state index in [1.165, 1.54) is 11.6 Å². The predicted molar refractivity (Wildman–Crippen MR) is 139 cm³/mol. The van der Waals surface area contributed by atoms with E-state index in [0.717, 1.165) is 43.6 Å². The number of methoxy groups -OCH3 is 1. The summed E-state index contributed by atoms with van der Waals surface area (Å²) in [5, 5.41) is 12.7. The maximum Gasteiger partial charge on any atom is 0.153 e. The molecule has 1 aliphatic carbocycles. The molecule has 0 aliphatic heterocycles. The third-order valence-electron chi connectivity index (χ3n) is 5.09. The van der Waals surface area contributed by atoms with E-state index in [1.54, 1.807) is 30.7 Å². The van der Waals surface area contributed by atoms with Crippen molar-refractivity contribution < 1.29 is 9.53 Å². The molecule has 0 radical (unpaired) electrons. The van der Waals surface area contributed by atoms with E-state index in [-0.39, 0.29) is 12.0 Å². The summed E-state index contributed by atoms with van der Waals surface area (Å²) < 4.78 is 5.26. The van der Waals surface area contributed by atoms with Gasteiger partial charge >= 0.3 is 0 Å². The number of carbonyl (C=O) groups excluding carboxylic acids is 1. The zero-order valence-corrected chi connectivity index (χ0v) is 21.0. The molecule has 0 saturated carbocycles. The first-order valence-corrected chi connectivity index (χ1v) is 11.7.